The smallest absolute Gasteiger partial charge is 0.137 e. The highest BCUT2D eigenvalue weighted by Gasteiger charge is 2.18. The van der Waals surface area contributed by atoms with E-state index in [9.17, 15) is 4.39 Å². The largest absolute Gasteiger partial charge is 0.320 e. The van der Waals surface area contributed by atoms with Gasteiger partial charge in [-0.05, 0) is 56.6 Å². The van der Waals surface area contributed by atoms with E-state index in [1.54, 1.807) is 12.1 Å². The molecule has 0 saturated heterocycles. The summed E-state index contributed by atoms with van der Waals surface area (Å²) in [6, 6.07) is 13.1. The normalized spacial score (nSPS) is 13.2. The minimum atomic E-state index is -0.272. The number of halogens is 2. The second kappa shape index (κ2) is 6.29. The van der Waals surface area contributed by atoms with Crippen molar-refractivity contribution < 1.29 is 4.39 Å². The Balaban J connectivity index is 2.27. The van der Waals surface area contributed by atoms with Crippen LogP contribution in [-0.4, -0.2) is 0 Å². The molecular weight excluding hydrogens is 329 g/mol. The van der Waals surface area contributed by atoms with Gasteiger partial charge in [0.15, 0.2) is 0 Å². The average molecular weight is 350 g/mol. The van der Waals surface area contributed by atoms with Crippen LogP contribution in [0.25, 0.3) is 0 Å². The van der Waals surface area contributed by atoms with Crippen molar-refractivity contribution in [1.82, 2.24) is 0 Å². The second-order valence-electron chi connectivity index (χ2n) is 6.01. The maximum Gasteiger partial charge on any atom is 0.137 e. The molecule has 0 saturated carbocycles. The maximum absolute atomic E-state index is 13.3. The van der Waals surface area contributed by atoms with Gasteiger partial charge in [-0.15, -0.1) is 0 Å². The Morgan fingerprint density at radius 2 is 1.67 bits per heavy atom. The van der Waals surface area contributed by atoms with E-state index in [1.807, 2.05) is 0 Å². The molecule has 21 heavy (non-hydrogen) atoms. The summed E-state index contributed by atoms with van der Waals surface area (Å²) in [4.78, 5) is 0. The zero-order valence-corrected chi connectivity index (χ0v) is 14.2. The summed E-state index contributed by atoms with van der Waals surface area (Å²) in [5.41, 5.74) is 9.68. The molecule has 1 unspecified atom stereocenters. The summed E-state index contributed by atoms with van der Waals surface area (Å²) in [6.45, 7) is 6.66. The fraction of sp³-hybridized carbons (Fsp3) is 0.333. The molecule has 0 spiro atoms. The zero-order valence-electron chi connectivity index (χ0n) is 12.7. The van der Waals surface area contributed by atoms with E-state index in [0.717, 1.165) is 17.5 Å². The summed E-state index contributed by atoms with van der Waals surface area (Å²) in [6.07, 6.45) is 1.09. The topological polar surface area (TPSA) is 26.0 Å². The lowest BCUT2D eigenvalue weighted by Gasteiger charge is -2.24. The van der Waals surface area contributed by atoms with E-state index in [-0.39, 0.29) is 17.3 Å². The maximum atomic E-state index is 13.3. The van der Waals surface area contributed by atoms with Gasteiger partial charge in [0.1, 0.15) is 5.82 Å². The highest BCUT2D eigenvalue weighted by atomic mass is 79.9. The lowest BCUT2D eigenvalue weighted by atomic mass is 9.81. The molecule has 3 heteroatoms. The predicted octanol–water partition coefficient (Wildman–Crippen LogP) is 5.32. The standard InChI is InChI=1S/C18H21BrFN/c1-4-18(2,3)14-8-5-12(6-9-14)17(21)13-7-10-16(20)15(19)11-13/h5-11,17H,4,21H2,1-3H3. The van der Waals surface area contributed by atoms with Crippen LogP contribution in [0, 0.1) is 5.82 Å². The molecular formula is C18H21BrFN. The van der Waals surface area contributed by atoms with E-state index in [0.29, 0.717) is 4.47 Å². The first-order chi connectivity index (χ1) is 9.85. The van der Waals surface area contributed by atoms with E-state index in [1.165, 1.54) is 11.6 Å². The quantitative estimate of drug-likeness (QED) is 0.793. The fourth-order valence-electron chi connectivity index (χ4n) is 2.24. The third-order valence-electron chi connectivity index (χ3n) is 4.24. The second-order valence-corrected chi connectivity index (χ2v) is 6.86. The number of hydrogen-bond acceptors (Lipinski definition) is 1. The van der Waals surface area contributed by atoms with Gasteiger partial charge in [-0.3, -0.25) is 0 Å². The van der Waals surface area contributed by atoms with Crippen molar-refractivity contribution in [2.45, 2.75) is 38.6 Å². The molecule has 0 aliphatic rings. The lowest BCUT2D eigenvalue weighted by molar-refractivity contribution is 0.506. The first kappa shape index (κ1) is 16.2. The van der Waals surface area contributed by atoms with Gasteiger partial charge >= 0.3 is 0 Å². The summed E-state index contributed by atoms with van der Waals surface area (Å²) < 4.78 is 13.7. The summed E-state index contributed by atoms with van der Waals surface area (Å²) in [5.74, 6) is -0.272. The van der Waals surface area contributed by atoms with Gasteiger partial charge in [0, 0.05) is 0 Å². The Labute approximate surface area is 134 Å². The molecule has 2 aromatic carbocycles. The van der Waals surface area contributed by atoms with Crippen molar-refractivity contribution in [2.75, 3.05) is 0 Å². The van der Waals surface area contributed by atoms with Crippen molar-refractivity contribution in [3.63, 3.8) is 0 Å². The van der Waals surface area contributed by atoms with Gasteiger partial charge < -0.3 is 5.73 Å². The first-order valence-electron chi connectivity index (χ1n) is 7.16. The number of rotatable bonds is 4. The van der Waals surface area contributed by atoms with Crippen LogP contribution in [0.3, 0.4) is 0 Å². The molecule has 0 radical (unpaired) electrons. The van der Waals surface area contributed by atoms with Gasteiger partial charge in [-0.1, -0.05) is 51.1 Å². The first-order valence-corrected chi connectivity index (χ1v) is 7.95. The van der Waals surface area contributed by atoms with Crippen LogP contribution in [0.1, 0.15) is 49.9 Å². The number of hydrogen-bond donors (Lipinski definition) is 1. The van der Waals surface area contributed by atoms with Crippen molar-refractivity contribution in [3.8, 4) is 0 Å². The molecule has 0 heterocycles. The van der Waals surface area contributed by atoms with Crippen molar-refractivity contribution in [1.29, 1.82) is 0 Å². The van der Waals surface area contributed by atoms with Crippen LogP contribution in [0.4, 0.5) is 4.39 Å². The summed E-state index contributed by atoms with van der Waals surface area (Å²) >= 11 is 3.20. The third-order valence-corrected chi connectivity index (χ3v) is 4.85. The molecule has 112 valence electrons. The number of nitrogens with two attached hydrogens (primary N) is 1. The van der Waals surface area contributed by atoms with E-state index >= 15 is 0 Å². The van der Waals surface area contributed by atoms with Gasteiger partial charge in [-0.25, -0.2) is 4.39 Å². The molecule has 2 aromatic rings. The molecule has 0 aromatic heterocycles. The Morgan fingerprint density at radius 3 is 2.19 bits per heavy atom. The van der Waals surface area contributed by atoms with Crippen LogP contribution in [0.2, 0.25) is 0 Å². The van der Waals surface area contributed by atoms with Gasteiger partial charge in [-0.2, -0.15) is 0 Å². The molecule has 0 fully saturated rings. The Hall–Kier alpha value is -1.19. The summed E-state index contributed by atoms with van der Waals surface area (Å²) in [7, 11) is 0. The highest BCUT2D eigenvalue weighted by Crippen LogP contribution is 2.29. The SMILES string of the molecule is CCC(C)(C)c1ccc(C(N)c2ccc(F)c(Br)c2)cc1. The van der Waals surface area contributed by atoms with Crippen molar-refractivity contribution in [3.05, 3.63) is 69.4 Å². The fourth-order valence-corrected chi connectivity index (χ4v) is 2.64. The Kier molecular flexibility index (Phi) is 4.84. The van der Waals surface area contributed by atoms with E-state index < -0.39 is 0 Å². The van der Waals surface area contributed by atoms with Crippen molar-refractivity contribution >= 4 is 15.9 Å². The molecule has 0 aliphatic heterocycles. The monoisotopic (exact) mass is 349 g/mol. The van der Waals surface area contributed by atoms with Gasteiger partial charge in [0.2, 0.25) is 0 Å². The lowest BCUT2D eigenvalue weighted by Crippen LogP contribution is -2.16. The third kappa shape index (κ3) is 3.53. The molecule has 0 amide bonds. The zero-order chi connectivity index (χ0) is 15.6. The minimum absolute atomic E-state index is 0.168. The molecule has 0 bridgehead atoms. The molecule has 2 N–H and O–H groups in total. The Morgan fingerprint density at radius 1 is 1.10 bits per heavy atom. The number of benzene rings is 2. The molecule has 0 aliphatic carbocycles. The van der Waals surface area contributed by atoms with Crippen LogP contribution >= 0.6 is 15.9 Å². The minimum Gasteiger partial charge on any atom is -0.320 e. The predicted molar refractivity (Wildman–Crippen MR) is 89.9 cm³/mol. The Bertz CT molecular complexity index is 620. The van der Waals surface area contributed by atoms with Gasteiger partial charge in [0.25, 0.3) is 0 Å². The molecule has 2 rings (SSSR count). The van der Waals surface area contributed by atoms with Crippen molar-refractivity contribution in [2.24, 2.45) is 5.73 Å². The van der Waals surface area contributed by atoms with E-state index in [4.69, 9.17) is 5.73 Å². The van der Waals surface area contributed by atoms with Crippen LogP contribution in [-0.2, 0) is 5.41 Å². The molecule has 1 nitrogen and oxygen atoms in total. The summed E-state index contributed by atoms with van der Waals surface area (Å²) in [5, 5.41) is 0. The van der Waals surface area contributed by atoms with Gasteiger partial charge in [0.05, 0.1) is 10.5 Å². The van der Waals surface area contributed by atoms with Crippen LogP contribution in [0.15, 0.2) is 46.9 Å². The van der Waals surface area contributed by atoms with E-state index in [2.05, 4.69) is 61.0 Å². The van der Waals surface area contributed by atoms with Crippen LogP contribution < -0.4 is 5.73 Å². The highest BCUT2D eigenvalue weighted by molar-refractivity contribution is 9.10. The van der Waals surface area contributed by atoms with Crippen LogP contribution in [0.5, 0.6) is 0 Å². The molecule has 1 atom stereocenters. The average Bonchev–Trinajstić information content (AvgIpc) is 2.49.